The Labute approximate surface area is 188 Å². The second-order valence-corrected chi connectivity index (χ2v) is 8.57. The van der Waals surface area contributed by atoms with E-state index in [1.54, 1.807) is 24.1 Å². The Bertz CT molecular complexity index is 858. The van der Waals surface area contributed by atoms with Crippen LogP contribution < -0.4 is 10.1 Å². The number of thioether (sulfide) groups is 1. The quantitative estimate of drug-likeness (QED) is 0.556. The molecule has 7 heteroatoms. The second kappa shape index (κ2) is 12.3. The van der Waals surface area contributed by atoms with E-state index in [4.69, 9.17) is 4.74 Å². The number of carbonyl (C=O) groups is 2. The summed E-state index contributed by atoms with van der Waals surface area (Å²) in [5.41, 5.74) is 1.84. The zero-order valence-corrected chi connectivity index (χ0v) is 19.4. The summed E-state index contributed by atoms with van der Waals surface area (Å²) >= 11 is 1.45. The molecule has 0 fully saturated rings. The van der Waals surface area contributed by atoms with Crippen molar-refractivity contribution in [1.82, 2.24) is 10.2 Å². The van der Waals surface area contributed by atoms with Crippen LogP contribution in [0.5, 0.6) is 5.75 Å². The molecule has 5 nitrogen and oxygen atoms in total. The molecule has 1 N–H and O–H groups in total. The standard InChI is InChI=1S/C24H31FN2O3S/c1-5-22(24(29)26-17(2)3)27(14-19-7-6-8-21(13-19)30-4)23(28)16-31-15-18-9-11-20(25)12-10-18/h6-13,17,22H,5,14-16H2,1-4H3,(H,26,29)/t22-/m1/s1. The Morgan fingerprint density at radius 2 is 1.84 bits per heavy atom. The average Bonchev–Trinajstić information content (AvgIpc) is 2.74. The lowest BCUT2D eigenvalue weighted by Gasteiger charge is -2.31. The summed E-state index contributed by atoms with van der Waals surface area (Å²) in [4.78, 5) is 27.6. The van der Waals surface area contributed by atoms with Gasteiger partial charge in [-0.05, 0) is 55.7 Å². The number of nitrogens with zero attached hydrogens (tertiary/aromatic N) is 1. The normalized spacial score (nSPS) is 11.8. The topological polar surface area (TPSA) is 58.6 Å². The third kappa shape index (κ3) is 7.90. The first-order chi connectivity index (χ1) is 14.8. The van der Waals surface area contributed by atoms with Gasteiger partial charge in [0.15, 0.2) is 0 Å². The van der Waals surface area contributed by atoms with Crippen LogP contribution in [0.3, 0.4) is 0 Å². The van der Waals surface area contributed by atoms with Crippen LogP contribution in [0.4, 0.5) is 4.39 Å². The summed E-state index contributed by atoms with van der Waals surface area (Å²) in [6.45, 7) is 6.02. The van der Waals surface area contributed by atoms with E-state index in [1.807, 2.05) is 45.0 Å². The summed E-state index contributed by atoms with van der Waals surface area (Å²) in [5, 5.41) is 2.92. The molecular formula is C24H31FN2O3S. The first-order valence-corrected chi connectivity index (χ1v) is 11.5. The van der Waals surface area contributed by atoms with Gasteiger partial charge in [0.2, 0.25) is 11.8 Å². The van der Waals surface area contributed by atoms with Crippen molar-refractivity contribution in [2.45, 2.75) is 51.6 Å². The molecule has 0 aliphatic heterocycles. The molecule has 0 aliphatic rings. The van der Waals surface area contributed by atoms with E-state index in [2.05, 4.69) is 5.32 Å². The third-order valence-corrected chi connectivity index (χ3v) is 5.70. The number of rotatable bonds is 11. The maximum atomic E-state index is 13.2. The second-order valence-electron chi connectivity index (χ2n) is 7.58. The van der Waals surface area contributed by atoms with E-state index >= 15 is 0 Å². The number of amides is 2. The summed E-state index contributed by atoms with van der Waals surface area (Å²) in [6, 6.07) is 13.2. The van der Waals surface area contributed by atoms with Crippen LogP contribution in [-0.2, 0) is 21.9 Å². The number of hydrogen-bond acceptors (Lipinski definition) is 4. The molecule has 1 atom stereocenters. The molecule has 31 heavy (non-hydrogen) atoms. The van der Waals surface area contributed by atoms with Gasteiger partial charge in [-0.1, -0.05) is 31.2 Å². The molecule has 0 spiro atoms. The highest BCUT2D eigenvalue weighted by Gasteiger charge is 2.28. The fraction of sp³-hybridized carbons (Fsp3) is 0.417. The van der Waals surface area contributed by atoms with Gasteiger partial charge in [-0.25, -0.2) is 4.39 Å². The van der Waals surface area contributed by atoms with Crippen LogP contribution in [-0.4, -0.2) is 41.7 Å². The highest BCUT2D eigenvalue weighted by molar-refractivity contribution is 7.99. The van der Waals surface area contributed by atoms with Crippen LogP contribution in [0.15, 0.2) is 48.5 Å². The number of halogens is 1. The van der Waals surface area contributed by atoms with E-state index in [9.17, 15) is 14.0 Å². The Morgan fingerprint density at radius 1 is 1.13 bits per heavy atom. The zero-order chi connectivity index (χ0) is 22.8. The Kier molecular flexibility index (Phi) is 9.85. The van der Waals surface area contributed by atoms with Crippen molar-refractivity contribution in [3.8, 4) is 5.75 Å². The maximum Gasteiger partial charge on any atom is 0.243 e. The van der Waals surface area contributed by atoms with E-state index in [0.717, 1.165) is 11.1 Å². The fourth-order valence-corrected chi connectivity index (χ4v) is 4.06. The molecular weight excluding hydrogens is 415 g/mol. The molecule has 168 valence electrons. The summed E-state index contributed by atoms with van der Waals surface area (Å²) in [7, 11) is 1.60. The highest BCUT2D eigenvalue weighted by Crippen LogP contribution is 2.20. The first kappa shape index (κ1) is 24.7. The minimum absolute atomic E-state index is 0.0110. The molecule has 2 amide bonds. The largest absolute Gasteiger partial charge is 0.497 e. The maximum absolute atomic E-state index is 13.2. The lowest BCUT2D eigenvalue weighted by molar-refractivity contribution is -0.139. The van der Waals surface area contributed by atoms with Gasteiger partial charge in [0.1, 0.15) is 17.6 Å². The molecule has 0 aliphatic carbocycles. The molecule has 0 aromatic heterocycles. The molecule has 0 unspecified atom stereocenters. The Balaban J connectivity index is 2.14. The molecule has 0 saturated heterocycles. The zero-order valence-electron chi connectivity index (χ0n) is 18.6. The van der Waals surface area contributed by atoms with Crippen molar-refractivity contribution in [2.75, 3.05) is 12.9 Å². The SMILES string of the molecule is CC[C@H](C(=O)NC(C)C)N(Cc1cccc(OC)c1)C(=O)CSCc1ccc(F)cc1. The van der Waals surface area contributed by atoms with Crippen LogP contribution >= 0.6 is 11.8 Å². The van der Waals surface area contributed by atoms with E-state index < -0.39 is 6.04 Å². The highest BCUT2D eigenvalue weighted by atomic mass is 32.2. The third-order valence-electron chi connectivity index (χ3n) is 4.71. The smallest absolute Gasteiger partial charge is 0.243 e. The van der Waals surface area contributed by atoms with Crippen molar-refractivity contribution in [1.29, 1.82) is 0 Å². The van der Waals surface area contributed by atoms with Crippen LogP contribution in [0.1, 0.15) is 38.3 Å². The Morgan fingerprint density at radius 3 is 2.45 bits per heavy atom. The predicted octanol–water partition coefficient (Wildman–Crippen LogP) is 4.40. The predicted molar refractivity (Wildman–Crippen MR) is 123 cm³/mol. The minimum atomic E-state index is -0.562. The van der Waals surface area contributed by atoms with Crippen LogP contribution in [0.25, 0.3) is 0 Å². The lowest BCUT2D eigenvalue weighted by atomic mass is 10.1. The van der Waals surface area contributed by atoms with Gasteiger partial charge < -0.3 is 15.0 Å². The van der Waals surface area contributed by atoms with E-state index in [1.165, 1.54) is 23.9 Å². The molecule has 0 radical (unpaired) electrons. The monoisotopic (exact) mass is 446 g/mol. The number of carbonyl (C=O) groups excluding carboxylic acids is 2. The van der Waals surface area contributed by atoms with Gasteiger partial charge in [-0.3, -0.25) is 9.59 Å². The average molecular weight is 447 g/mol. The van der Waals surface area contributed by atoms with Gasteiger partial charge in [0.05, 0.1) is 12.9 Å². The summed E-state index contributed by atoms with van der Waals surface area (Å²) in [5.74, 6) is 0.977. The van der Waals surface area contributed by atoms with E-state index in [-0.39, 0.29) is 29.4 Å². The number of benzene rings is 2. The summed E-state index contributed by atoms with van der Waals surface area (Å²) in [6.07, 6.45) is 0.511. The number of methoxy groups -OCH3 is 1. The number of hydrogen-bond donors (Lipinski definition) is 1. The van der Waals surface area contributed by atoms with Gasteiger partial charge >= 0.3 is 0 Å². The van der Waals surface area contributed by atoms with E-state index in [0.29, 0.717) is 24.5 Å². The minimum Gasteiger partial charge on any atom is -0.497 e. The van der Waals surface area contributed by atoms with Gasteiger partial charge in [-0.2, -0.15) is 0 Å². The van der Waals surface area contributed by atoms with Crippen molar-refractivity contribution < 1.29 is 18.7 Å². The van der Waals surface area contributed by atoms with Crippen molar-refractivity contribution in [3.63, 3.8) is 0 Å². The molecule has 2 aromatic rings. The molecule has 2 aromatic carbocycles. The van der Waals surface area contributed by atoms with Crippen molar-refractivity contribution in [2.24, 2.45) is 0 Å². The number of ether oxygens (including phenoxy) is 1. The molecule has 2 rings (SSSR count). The first-order valence-electron chi connectivity index (χ1n) is 10.4. The molecule has 0 heterocycles. The molecule has 0 saturated carbocycles. The van der Waals surface area contributed by atoms with Gasteiger partial charge in [0.25, 0.3) is 0 Å². The molecule has 0 bridgehead atoms. The van der Waals surface area contributed by atoms with Crippen molar-refractivity contribution >= 4 is 23.6 Å². The fourth-order valence-electron chi connectivity index (χ4n) is 3.19. The van der Waals surface area contributed by atoms with Gasteiger partial charge in [-0.15, -0.1) is 11.8 Å². The van der Waals surface area contributed by atoms with Gasteiger partial charge in [0, 0.05) is 18.3 Å². The lowest BCUT2D eigenvalue weighted by Crippen LogP contribution is -2.50. The van der Waals surface area contributed by atoms with Crippen molar-refractivity contribution in [3.05, 3.63) is 65.5 Å². The van der Waals surface area contributed by atoms with Crippen LogP contribution in [0, 0.1) is 5.82 Å². The Hall–Kier alpha value is -2.54. The number of nitrogens with one attached hydrogen (secondary N) is 1. The van der Waals surface area contributed by atoms with Crippen LogP contribution in [0.2, 0.25) is 0 Å². The summed E-state index contributed by atoms with van der Waals surface area (Å²) < 4.78 is 18.4.